The molecule has 0 atom stereocenters. The molecule has 0 aliphatic heterocycles. The molecular weight excluding hydrogens is 546 g/mol. The summed E-state index contributed by atoms with van der Waals surface area (Å²) in [6, 6.07) is 33.0. The van der Waals surface area contributed by atoms with Crippen LogP contribution >= 0.6 is 14.0 Å². The standard InChI is InChI=1S/C33H42N4P2S/c1-34(2)26-17-9-13-21-30(26)38(31-22-14-10-18-27(31)35(3)4)25-39(40,32-23-15-11-19-28(32)36(5)6)33-24-16-12-20-29(33)37(7)8/h9-24H,25H2,1-8H3. The summed E-state index contributed by atoms with van der Waals surface area (Å²) >= 11 is 7.09. The number of anilines is 4. The van der Waals surface area contributed by atoms with Gasteiger partial charge in [-0.15, -0.1) is 0 Å². The monoisotopic (exact) mass is 588 g/mol. The second-order valence-corrected chi connectivity index (χ2v) is 18.1. The van der Waals surface area contributed by atoms with Gasteiger partial charge in [-0.1, -0.05) is 84.6 Å². The van der Waals surface area contributed by atoms with E-state index < -0.39 is 14.0 Å². The Balaban J connectivity index is 2.08. The highest BCUT2D eigenvalue weighted by molar-refractivity contribution is 8.24. The Morgan fingerprint density at radius 1 is 0.475 bits per heavy atom. The third-order valence-electron chi connectivity index (χ3n) is 7.15. The molecule has 40 heavy (non-hydrogen) atoms. The second-order valence-electron chi connectivity index (χ2n) is 10.8. The molecule has 4 nitrogen and oxygen atoms in total. The quantitative estimate of drug-likeness (QED) is 0.227. The van der Waals surface area contributed by atoms with Crippen molar-refractivity contribution in [1.29, 1.82) is 0 Å². The predicted molar refractivity (Wildman–Crippen MR) is 188 cm³/mol. The lowest BCUT2D eigenvalue weighted by Gasteiger charge is -2.36. The zero-order valence-electron chi connectivity index (χ0n) is 25.0. The van der Waals surface area contributed by atoms with Crippen LogP contribution in [0.4, 0.5) is 22.7 Å². The van der Waals surface area contributed by atoms with E-state index in [9.17, 15) is 0 Å². The predicted octanol–water partition coefficient (Wildman–Crippen LogP) is 5.47. The van der Waals surface area contributed by atoms with Crippen molar-refractivity contribution in [2.75, 3.05) is 81.9 Å². The molecule has 210 valence electrons. The van der Waals surface area contributed by atoms with Gasteiger partial charge in [0.1, 0.15) is 0 Å². The molecule has 0 saturated heterocycles. The van der Waals surface area contributed by atoms with E-state index in [1.807, 2.05) is 0 Å². The van der Waals surface area contributed by atoms with Gasteiger partial charge < -0.3 is 19.6 Å². The van der Waals surface area contributed by atoms with E-state index in [1.54, 1.807) is 0 Å². The first-order valence-electron chi connectivity index (χ1n) is 13.5. The van der Waals surface area contributed by atoms with E-state index >= 15 is 0 Å². The van der Waals surface area contributed by atoms with Crippen LogP contribution in [0.15, 0.2) is 97.1 Å². The molecule has 4 aromatic rings. The van der Waals surface area contributed by atoms with Crippen LogP contribution < -0.4 is 40.8 Å². The van der Waals surface area contributed by atoms with Gasteiger partial charge in [0.25, 0.3) is 0 Å². The Morgan fingerprint density at radius 2 is 0.775 bits per heavy atom. The van der Waals surface area contributed by atoms with Crippen LogP contribution in [0.2, 0.25) is 0 Å². The fourth-order valence-electron chi connectivity index (χ4n) is 5.20. The van der Waals surface area contributed by atoms with E-state index in [2.05, 4.69) is 173 Å². The maximum Gasteiger partial charge on any atom is 0.0450 e. The van der Waals surface area contributed by atoms with E-state index in [4.69, 9.17) is 11.8 Å². The van der Waals surface area contributed by atoms with Gasteiger partial charge in [0.05, 0.1) is 0 Å². The molecule has 0 bridgehead atoms. The van der Waals surface area contributed by atoms with Gasteiger partial charge in [-0.2, -0.15) is 0 Å². The van der Waals surface area contributed by atoms with Crippen LogP contribution in [-0.2, 0) is 11.8 Å². The topological polar surface area (TPSA) is 13.0 Å². The summed E-state index contributed by atoms with van der Waals surface area (Å²) in [5, 5.41) is 5.30. The van der Waals surface area contributed by atoms with Gasteiger partial charge in [-0.3, -0.25) is 0 Å². The van der Waals surface area contributed by atoms with Gasteiger partial charge in [0.2, 0.25) is 0 Å². The lowest BCUT2D eigenvalue weighted by Crippen LogP contribution is -2.31. The van der Waals surface area contributed by atoms with E-state index in [0.29, 0.717) is 0 Å². The van der Waals surface area contributed by atoms with Crippen molar-refractivity contribution in [3.8, 4) is 0 Å². The lowest BCUT2D eigenvalue weighted by atomic mass is 10.3. The minimum absolute atomic E-state index is 0.831. The molecule has 0 aliphatic rings. The lowest BCUT2D eigenvalue weighted by molar-refractivity contribution is 1.14. The Bertz CT molecular complexity index is 1390. The van der Waals surface area contributed by atoms with Crippen LogP contribution in [0.5, 0.6) is 0 Å². The van der Waals surface area contributed by atoms with Crippen molar-refractivity contribution in [3.05, 3.63) is 97.1 Å². The molecule has 0 unspecified atom stereocenters. The average molecular weight is 589 g/mol. The van der Waals surface area contributed by atoms with Crippen molar-refractivity contribution in [2.24, 2.45) is 0 Å². The zero-order chi connectivity index (χ0) is 29.0. The summed E-state index contributed by atoms with van der Waals surface area (Å²) in [6.07, 6.45) is 0. The summed E-state index contributed by atoms with van der Waals surface area (Å²) < 4.78 is 0. The maximum absolute atomic E-state index is 7.09. The summed E-state index contributed by atoms with van der Waals surface area (Å²) in [6.45, 7) is 0. The molecule has 7 heteroatoms. The van der Waals surface area contributed by atoms with Crippen molar-refractivity contribution < 1.29 is 0 Å². The Labute approximate surface area is 248 Å². The first-order chi connectivity index (χ1) is 19.1. The molecule has 0 fully saturated rings. The van der Waals surface area contributed by atoms with Crippen molar-refractivity contribution in [3.63, 3.8) is 0 Å². The van der Waals surface area contributed by atoms with E-state index in [1.165, 1.54) is 44.0 Å². The number of nitrogens with zero attached hydrogens (tertiary/aromatic N) is 4. The van der Waals surface area contributed by atoms with Gasteiger partial charge in [-0.25, -0.2) is 0 Å². The van der Waals surface area contributed by atoms with Crippen LogP contribution in [-0.4, -0.2) is 62.3 Å². The molecule has 0 aliphatic carbocycles. The number of rotatable bonds is 10. The molecule has 4 aromatic carbocycles. The number of hydrogen-bond acceptors (Lipinski definition) is 5. The van der Waals surface area contributed by atoms with Gasteiger partial charge in [-0.05, 0) is 32.2 Å². The molecule has 0 saturated carbocycles. The highest BCUT2D eigenvalue weighted by Gasteiger charge is 2.34. The molecular formula is C33H42N4P2S. The maximum atomic E-state index is 7.09. The minimum Gasteiger partial charge on any atom is -0.377 e. The summed E-state index contributed by atoms with van der Waals surface area (Å²) in [7, 11) is 16.2. The number of hydrogen-bond donors (Lipinski definition) is 0. The van der Waals surface area contributed by atoms with Crippen LogP contribution in [0.3, 0.4) is 0 Å². The molecule has 0 spiro atoms. The largest absolute Gasteiger partial charge is 0.377 e. The highest BCUT2D eigenvalue weighted by Crippen LogP contribution is 2.58. The first-order valence-corrected chi connectivity index (χ1v) is 18.0. The Kier molecular flexibility index (Phi) is 9.62. The Hall–Kier alpha value is -2.84. The Morgan fingerprint density at radius 3 is 1.12 bits per heavy atom. The molecule has 0 heterocycles. The summed E-state index contributed by atoms with van der Waals surface area (Å²) in [4.78, 5) is 8.93. The molecule has 4 rings (SSSR count). The molecule has 0 N–H and O–H groups in total. The van der Waals surface area contributed by atoms with E-state index in [0.717, 1.165) is 5.90 Å². The minimum atomic E-state index is -2.35. The smallest absolute Gasteiger partial charge is 0.0450 e. The third kappa shape index (κ3) is 6.08. The van der Waals surface area contributed by atoms with Crippen molar-refractivity contribution in [2.45, 2.75) is 0 Å². The van der Waals surface area contributed by atoms with Crippen LogP contribution in [0.1, 0.15) is 0 Å². The molecule has 0 amide bonds. The van der Waals surface area contributed by atoms with Crippen LogP contribution in [0, 0.1) is 0 Å². The zero-order valence-corrected chi connectivity index (χ0v) is 27.6. The number of benzene rings is 4. The summed E-state index contributed by atoms with van der Waals surface area (Å²) in [5.74, 6) is 0.892. The van der Waals surface area contributed by atoms with Gasteiger partial charge >= 0.3 is 0 Å². The van der Waals surface area contributed by atoms with E-state index in [-0.39, 0.29) is 0 Å². The fraction of sp³-hybridized carbons (Fsp3) is 0.273. The summed E-state index contributed by atoms with van der Waals surface area (Å²) in [5.41, 5.74) is 4.92. The van der Waals surface area contributed by atoms with Crippen molar-refractivity contribution >= 4 is 69.7 Å². The second kappa shape index (κ2) is 12.8. The van der Waals surface area contributed by atoms with Gasteiger partial charge in [0, 0.05) is 112 Å². The van der Waals surface area contributed by atoms with Gasteiger partial charge in [0.15, 0.2) is 0 Å². The average Bonchev–Trinajstić information content (AvgIpc) is 2.95. The molecule has 0 radical (unpaired) electrons. The normalized spacial score (nSPS) is 11.4. The fourth-order valence-corrected chi connectivity index (χ4v) is 15.3. The third-order valence-corrected chi connectivity index (χ3v) is 16.3. The SMILES string of the molecule is CN(C)c1ccccc1P(CP(=S)(c1ccccc1N(C)C)c1ccccc1N(C)C)c1ccccc1N(C)C. The number of para-hydroxylation sites is 4. The highest BCUT2D eigenvalue weighted by atomic mass is 32.4. The van der Waals surface area contributed by atoms with Crippen molar-refractivity contribution in [1.82, 2.24) is 0 Å². The van der Waals surface area contributed by atoms with Crippen LogP contribution in [0.25, 0.3) is 0 Å². The first kappa shape index (κ1) is 30.1. The molecule has 0 aromatic heterocycles.